The van der Waals surface area contributed by atoms with Crippen LogP contribution in [-0.4, -0.2) is 14.2 Å². The van der Waals surface area contributed by atoms with Crippen molar-refractivity contribution >= 4 is 0 Å². The van der Waals surface area contributed by atoms with Crippen LogP contribution in [-0.2, 0) is 48.1 Å². The maximum Gasteiger partial charge on any atom is 0.0351 e. The lowest BCUT2D eigenvalue weighted by atomic mass is 9.75. The SMILES string of the molecule is CC.CC.CC(C)(C)c1ccccc1C(C)(C)C.CC(C)(C)c1ccccc1C(C)(C)C.CC(C)(C)c1ccccc1C(C)(C)C.CC(C)(C)c1ccccc1C(C)(C)C.COC. The van der Waals surface area contributed by atoms with Gasteiger partial charge in [-0.25, -0.2) is 0 Å². The van der Waals surface area contributed by atoms with Gasteiger partial charge in [0.15, 0.2) is 0 Å². The molecule has 4 aromatic carbocycles. The first-order chi connectivity index (χ1) is 28.3. The van der Waals surface area contributed by atoms with Crippen LogP contribution in [0.5, 0.6) is 0 Å². The average Bonchev–Trinajstić information content (AvgIpc) is 3.15. The zero-order valence-electron chi connectivity index (χ0n) is 47.6. The Bertz CT molecular complexity index is 1390. The molecule has 0 amide bonds. The van der Waals surface area contributed by atoms with Crippen LogP contribution in [0.25, 0.3) is 0 Å². The number of rotatable bonds is 0. The first-order valence-electron chi connectivity index (χ1n) is 24.1. The van der Waals surface area contributed by atoms with Crippen LogP contribution in [0, 0.1) is 0 Å². The van der Waals surface area contributed by atoms with Crippen molar-refractivity contribution < 1.29 is 4.74 Å². The standard InChI is InChI=1S/4C14H22.C2H6O.2C2H6/c4*1-13(2,3)11-9-7-8-10-12(11)14(4,5)6;1-3-2;2*1-2/h4*7-10H,1-6H3;1-2H3;2*1-2H3. The summed E-state index contributed by atoms with van der Waals surface area (Å²) in [4.78, 5) is 0. The molecule has 0 N–H and O–H groups in total. The van der Waals surface area contributed by atoms with E-state index in [0.717, 1.165) is 0 Å². The van der Waals surface area contributed by atoms with Gasteiger partial charge in [-0.3, -0.25) is 0 Å². The van der Waals surface area contributed by atoms with Crippen LogP contribution < -0.4 is 0 Å². The Hall–Kier alpha value is -3.16. The van der Waals surface area contributed by atoms with Crippen molar-refractivity contribution in [2.75, 3.05) is 14.2 Å². The van der Waals surface area contributed by atoms with E-state index in [-0.39, 0.29) is 43.3 Å². The summed E-state index contributed by atoms with van der Waals surface area (Å²) in [6.07, 6.45) is 0. The second-order valence-corrected chi connectivity index (χ2v) is 24.6. The Morgan fingerprint density at radius 2 is 0.270 bits per heavy atom. The molecule has 1 nitrogen and oxygen atoms in total. The second kappa shape index (κ2) is 26.7. The maximum absolute atomic E-state index is 4.25. The lowest BCUT2D eigenvalue weighted by molar-refractivity contribution is 0.277. The van der Waals surface area contributed by atoms with E-state index in [0.29, 0.717) is 0 Å². The molecular formula is C62H106O. The lowest BCUT2D eigenvalue weighted by Crippen LogP contribution is -2.21. The number of hydrogen-bond donors (Lipinski definition) is 0. The van der Waals surface area contributed by atoms with Gasteiger partial charge in [0.05, 0.1) is 0 Å². The minimum atomic E-state index is 0.240. The predicted molar refractivity (Wildman–Crippen MR) is 291 cm³/mol. The van der Waals surface area contributed by atoms with Gasteiger partial charge >= 0.3 is 0 Å². The Kier molecular flexibility index (Phi) is 27.2. The van der Waals surface area contributed by atoms with Crippen molar-refractivity contribution in [3.8, 4) is 0 Å². The molecule has 0 aliphatic rings. The first-order valence-corrected chi connectivity index (χ1v) is 24.1. The molecule has 4 rings (SSSR count). The number of benzene rings is 4. The lowest BCUT2D eigenvalue weighted by Gasteiger charge is -2.29. The van der Waals surface area contributed by atoms with E-state index in [1.54, 1.807) is 14.2 Å². The molecule has 63 heavy (non-hydrogen) atoms. The zero-order valence-corrected chi connectivity index (χ0v) is 47.6. The van der Waals surface area contributed by atoms with Gasteiger partial charge in [-0.2, -0.15) is 0 Å². The Morgan fingerprint density at radius 3 is 0.317 bits per heavy atom. The van der Waals surface area contributed by atoms with E-state index < -0.39 is 0 Å². The molecule has 0 heterocycles. The predicted octanol–water partition coefficient (Wildman–Crippen LogP) is 19.4. The zero-order chi connectivity index (χ0) is 50.6. The Morgan fingerprint density at radius 1 is 0.206 bits per heavy atom. The average molecular weight is 868 g/mol. The molecular weight excluding hydrogens is 761 g/mol. The van der Waals surface area contributed by atoms with E-state index in [1.165, 1.54) is 44.5 Å². The van der Waals surface area contributed by atoms with Crippen LogP contribution in [0.4, 0.5) is 0 Å². The van der Waals surface area contributed by atoms with Crippen molar-refractivity contribution in [2.45, 2.75) is 237 Å². The fraction of sp³-hybridized carbons (Fsp3) is 0.613. The van der Waals surface area contributed by atoms with Gasteiger partial charge in [0.1, 0.15) is 0 Å². The van der Waals surface area contributed by atoms with E-state index in [4.69, 9.17) is 0 Å². The molecule has 0 atom stereocenters. The number of hydrogen-bond acceptors (Lipinski definition) is 1. The molecule has 0 aliphatic heterocycles. The fourth-order valence-electron chi connectivity index (χ4n) is 7.16. The van der Waals surface area contributed by atoms with E-state index in [1.807, 2.05) is 27.7 Å². The Balaban J connectivity index is -0.000000725. The molecule has 0 aliphatic carbocycles. The molecule has 4 aromatic rings. The third-order valence-corrected chi connectivity index (χ3v) is 10.2. The highest BCUT2D eigenvalue weighted by Crippen LogP contribution is 2.36. The minimum absolute atomic E-state index is 0.240. The summed E-state index contributed by atoms with van der Waals surface area (Å²) in [5, 5.41) is 0. The normalized spacial score (nSPS) is 12.0. The van der Waals surface area contributed by atoms with Crippen molar-refractivity contribution in [2.24, 2.45) is 0 Å². The summed E-state index contributed by atoms with van der Waals surface area (Å²) in [6, 6.07) is 35.1. The molecule has 0 radical (unpaired) electrons. The van der Waals surface area contributed by atoms with Gasteiger partial charge in [-0.05, 0) is 87.8 Å². The fourth-order valence-corrected chi connectivity index (χ4v) is 7.16. The van der Waals surface area contributed by atoms with Crippen LogP contribution >= 0.6 is 0 Å². The van der Waals surface area contributed by atoms with Crippen molar-refractivity contribution in [1.29, 1.82) is 0 Å². The van der Waals surface area contributed by atoms with Gasteiger partial charge in [-0.1, -0.05) is 291 Å². The molecule has 0 saturated carbocycles. The summed E-state index contributed by atoms with van der Waals surface area (Å²) in [5.74, 6) is 0. The van der Waals surface area contributed by atoms with Crippen LogP contribution in [0.15, 0.2) is 97.1 Å². The highest BCUT2D eigenvalue weighted by molar-refractivity contribution is 5.40. The van der Waals surface area contributed by atoms with Gasteiger partial charge in [0.25, 0.3) is 0 Å². The quantitative estimate of drug-likeness (QED) is 0.171. The smallest absolute Gasteiger partial charge is 0.0351 e. The van der Waals surface area contributed by atoms with Gasteiger partial charge in [-0.15, -0.1) is 0 Å². The van der Waals surface area contributed by atoms with E-state index >= 15 is 0 Å². The number of ether oxygens (including phenoxy) is 1. The van der Waals surface area contributed by atoms with Gasteiger partial charge in [0.2, 0.25) is 0 Å². The summed E-state index contributed by atoms with van der Waals surface area (Å²) in [6.45, 7) is 62.6. The minimum Gasteiger partial charge on any atom is -0.388 e. The maximum atomic E-state index is 4.25. The molecule has 0 unspecified atom stereocenters. The van der Waals surface area contributed by atoms with Crippen molar-refractivity contribution in [1.82, 2.24) is 0 Å². The second-order valence-electron chi connectivity index (χ2n) is 24.6. The topological polar surface area (TPSA) is 9.23 Å². The Labute approximate surface area is 396 Å². The van der Waals surface area contributed by atoms with E-state index in [2.05, 4.69) is 268 Å². The molecule has 1 heteroatoms. The molecule has 360 valence electrons. The highest BCUT2D eigenvalue weighted by Gasteiger charge is 2.27. The molecule has 0 bridgehead atoms. The third kappa shape index (κ3) is 24.1. The summed E-state index contributed by atoms with van der Waals surface area (Å²) < 4.78 is 4.25. The summed E-state index contributed by atoms with van der Waals surface area (Å²) in [5.41, 5.74) is 13.6. The molecule has 0 spiro atoms. The summed E-state index contributed by atoms with van der Waals surface area (Å²) >= 11 is 0. The largest absolute Gasteiger partial charge is 0.388 e. The highest BCUT2D eigenvalue weighted by atomic mass is 16.4. The first kappa shape index (κ1) is 64.1. The van der Waals surface area contributed by atoms with Gasteiger partial charge < -0.3 is 4.74 Å². The van der Waals surface area contributed by atoms with Crippen molar-refractivity contribution in [3.63, 3.8) is 0 Å². The molecule has 0 fully saturated rings. The third-order valence-electron chi connectivity index (χ3n) is 10.2. The van der Waals surface area contributed by atoms with Crippen molar-refractivity contribution in [3.05, 3.63) is 142 Å². The monoisotopic (exact) mass is 867 g/mol. The van der Waals surface area contributed by atoms with Crippen LogP contribution in [0.3, 0.4) is 0 Å². The van der Waals surface area contributed by atoms with E-state index in [9.17, 15) is 0 Å². The van der Waals surface area contributed by atoms with Gasteiger partial charge in [0, 0.05) is 14.2 Å². The molecule has 0 saturated heterocycles. The van der Waals surface area contributed by atoms with Crippen LogP contribution in [0.2, 0.25) is 0 Å². The summed E-state index contributed by atoms with van der Waals surface area (Å²) in [7, 11) is 3.25. The van der Waals surface area contributed by atoms with Crippen LogP contribution in [0.1, 0.15) is 238 Å². The number of methoxy groups -OCH3 is 1. The molecule has 0 aromatic heterocycles.